The Hall–Kier alpha value is -3.62. The Bertz CT molecular complexity index is 1260. The number of halogens is 1. The highest BCUT2D eigenvalue weighted by atomic mass is 35.5. The van der Waals surface area contributed by atoms with Crippen LogP contribution in [0.4, 0.5) is 11.4 Å². The molecule has 4 rings (SSSR count). The van der Waals surface area contributed by atoms with Gasteiger partial charge < -0.3 is 10.5 Å². The summed E-state index contributed by atoms with van der Waals surface area (Å²) in [5.41, 5.74) is 7.12. The van der Waals surface area contributed by atoms with Crippen molar-refractivity contribution in [3.63, 3.8) is 0 Å². The second-order valence-corrected chi connectivity index (χ2v) is 9.16. The SMILES string of the molecule is Nc1ccc(SC2CC(=O)N(c3ccc(C(=O)OCC(=O)c4ccccc4Cl)cc3)C2=O)cc1. The average molecular weight is 495 g/mol. The van der Waals surface area contributed by atoms with Crippen LogP contribution in [0.1, 0.15) is 27.1 Å². The maximum absolute atomic E-state index is 12.9. The van der Waals surface area contributed by atoms with Gasteiger partial charge in [0.2, 0.25) is 17.6 Å². The minimum atomic E-state index is -0.706. The minimum absolute atomic E-state index is 0.0713. The third-order valence-corrected chi connectivity index (χ3v) is 6.66. The minimum Gasteiger partial charge on any atom is -0.454 e. The zero-order chi connectivity index (χ0) is 24.2. The molecule has 1 saturated heterocycles. The molecular formula is C25H19ClN2O5S. The molecule has 1 aliphatic rings. The highest BCUT2D eigenvalue weighted by molar-refractivity contribution is 8.00. The number of ether oxygens (including phenoxy) is 1. The topological polar surface area (TPSA) is 107 Å². The maximum atomic E-state index is 12.9. The summed E-state index contributed by atoms with van der Waals surface area (Å²) in [5, 5.41) is -0.266. The first kappa shape index (κ1) is 23.5. The summed E-state index contributed by atoms with van der Waals surface area (Å²) in [6, 6.07) is 19.5. The lowest BCUT2D eigenvalue weighted by Crippen LogP contribution is -2.31. The lowest BCUT2D eigenvalue weighted by Gasteiger charge is -2.15. The Balaban J connectivity index is 1.38. The van der Waals surface area contributed by atoms with E-state index in [1.54, 1.807) is 48.5 Å². The Labute approximate surface area is 204 Å². The van der Waals surface area contributed by atoms with E-state index in [0.717, 1.165) is 9.80 Å². The molecule has 9 heteroatoms. The van der Waals surface area contributed by atoms with Crippen molar-refractivity contribution in [1.29, 1.82) is 0 Å². The molecule has 0 spiro atoms. The largest absolute Gasteiger partial charge is 0.454 e. The van der Waals surface area contributed by atoms with Crippen LogP contribution in [0.25, 0.3) is 0 Å². The van der Waals surface area contributed by atoms with Crippen molar-refractivity contribution >= 4 is 58.3 Å². The molecule has 1 heterocycles. The van der Waals surface area contributed by atoms with Gasteiger partial charge in [0.25, 0.3) is 0 Å². The second kappa shape index (κ2) is 10.1. The van der Waals surface area contributed by atoms with Gasteiger partial charge >= 0.3 is 5.97 Å². The molecule has 1 aliphatic heterocycles. The number of amides is 2. The van der Waals surface area contributed by atoms with Crippen LogP contribution in [-0.4, -0.2) is 35.4 Å². The molecule has 2 N–H and O–H groups in total. The summed E-state index contributed by atoms with van der Waals surface area (Å²) in [5.74, 6) is -1.78. The van der Waals surface area contributed by atoms with Crippen LogP contribution >= 0.6 is 23.4 Å². The fourth-order valence-electron chi connectivity index (χ4n) is 3.40. The van der Waals surface area contributed by atoms with Crippen molar-refractivity contribution in [3.05, 3.63) is 88.9 Å². The van der Waals surface area contributed by atoms with Crippen molar-refractivity contribution in [2.45, 2.75) is 16.6 Å². The summed E-state index contributed by atoms with van der Waals surface area (Å²) in [4.78, 5) is 51.9. The molecule has 0 aromatic heterocycles. The highest BCUT2D eigenvalue weighted by Gasteiger charge is 2.40. The number of imide groups is 1. The number of ketones is 1. The van der Waals surface area contributed by atoms with Crippen LogP contribution in [0.5, 0.6) is 0 Å². The van der Waals surface area contributed by atoms with Crippen LogP contribution in [0.15, 0.2) is 77.7 Å². The zero-order valence-electron chi connectivity index (χ0n) is 17.8. The Morgan fingerprint density at radius 1 is 1.00 bits per heavy atom. The first-order chi connectivity index (χ1) is 16.3. The van der Waals surface area contributed by atoms with Gasteiger partial charge in [0.15, 0.2) is 6.61 Å². The molecule has 1 atom stereocenters. The molecular weight excluding hydrogens is 476 g/mol. The van der Waals surface area contributed by atoms with Gasteiger partial charge in [-0.15, -0.1) is 11.8 Å². The van der Waals surface area contributed by atoms with E-state index < -0.39 is 23.6 Å². The van der Waals surface area contributed by atoms with Crippen LogP contribution in [-0.2, 0) is 14.3 Å². The Morgan fingerprint density at radius 3 is 2.35 bits per heavy atom. The number of esters is 1. The first-order valence-electron chi connectivity index (χ1n) is 10.3. The van der Waals surface area contributed by atoms with Gasteiger partial charge in [-0.2, -0.15) is 0 Å². The van der Waals surface area contributed by atoms with Gasteiger partial charge in [0.1, 0.15) is 0 Å². The van der Waals surface area contributed by atoms with E-state index in [2.05, 4.69) is 0 Å². The number of thioether (sulfide) groups is 1. The number of rotatable bonds is 7. The number of nitrogens with zero attached hydrogens (tertiary/aromatic N) is 1. The third kappa shape index (κ3) is 5.13. The van der Waals surface area contributed by atoms with E-state index in [1.807, 2.05) is 0 Å². The average Bonchev–Trinajstić information content (AvgIpc) is 3.11. The number of carbonyl (C=O) groups excluding carboxylic acids is 4. The monoisotopic (exact) mass is 494 g/mol. The number of Topliss-reactive ketones (excluding diaryl/α,β-unsaturated/α-hetero) is 1. The van der Waals surface area contributed by atoms with E-state index in [0.29, 0.717) is 11.4 Å². The van der Waals surface area contributed by atoms with E-state index in [1.165, 1.54) is 36.0 Å². The van der Waals surface area contributed by atoms with Crippen molar-refractivity contribution in [2.24, 2.45) is 0 Å². The van der Waals surface area contributed by atoms with Crippen molar-refractivity contribution < 1.29 is 23.9 Å². The van der Waals surface area contributed by atoms with E-state index in [4.69, 9.17) is 22.1 Å². The molecule has 2 amide bonds. The van der Waals surface area contributed by atoms with Crippen molar-refractivity contribution in [2.75, 3.05) is 17.2 Å². The first-order valence-corrected chi connectivity index (χ1v) is 11.5. The number of hydrogen-bond donors (Lipinski definition) is 1. The summed E-state index contributed by atoms with van der Waals surface area (Å²) in [6.07, 6.45) is 0.0713. The summed E-state index contributed by atoms with van der Waals surface area (Å²) in [6.45, 7) is -0.461. The number of anilines is 2. The standard InChI is InChI=1S/C25H19ClN2O5S/c26-20-4-2-1-3-19(20)21(29)14-33-25(32)15-5-9-17(10-6-15)28-23(30)13-22(24(28)31)34-18-11-7-16(27)8-12-18/h1-12,22H,13-14,27H2. The van der Waals surface area contributed by atoms with Crippen molar-refractivity contribution in [3.8, 4) is 0 Å². The van der Waals surface area contributed by atoms with Crippen LogP contribution in [0, 0.1) is 0 Å². The number of nitrogen functional groups attached to an aromatic ring is 1. The van der Waals surface area contributed by atoms with Crippen LogP contribution < -0.4 is 10.6 Å². The Morgan fingerprint density at radius 2 is 1.68 bits per heavy atom. The number of carbonyl (C=O) groups is 4. The molecule has 0 radical (unpaired) electrons. The molecule has 7 nitrogen and oxygen atoms in total. The number of benzene rings is 3. The number of hydrogen-bond acceptors (Lipinski definition) is 7. The quantitative estimate of drug-likeness (QED) is 0.225. The van der Waals surface area contributed by atoms with Crippen molar-refractivity contribution in [1.82, 2.24) is 0 Å². The fourth-order valence-corrected chi connectivity index (χ4v) is 4.70. The smallest absolute Gasteiger partial charge is 0.338 e. The number of nitrogens with two attached hydrogens (primary N) is 1. The van der Waals surface area contributed by atoms with Crippen LogP contribution in [0.2, 0.25) is 5.02 Å². The van der Waals surface area contributed by atoms with E-state index in [-0.39, 0.29) is 34.4 Å². The van der Waals surface area contributed by atoms with E-state index >= 15 is 0 Å². The third-order valence-electron chi connectivity index (χ3n) is 5.13. The van der Waals surface area contributed by atoms with Gasteiger partial charge in [-0.25, -0.2) is 9.69 Å². The molecule has 3 aromatic carbocycles. The predicted molar refractivity (Wildman–Crippen MR) is 130 cm³/mol. The molecule has 3 aromatic rings. The van der Waals surface area contributed by atoms with Gasteiger partial charge in [-0.1, -0.05) is 23.7 Å². The lowest BCUT2D eigenvalue weighted by atomic mass is 10.1. The fraction of sp³-hybridized carbons (Fsp3) is 0.120. The summed E-state index contributed by atoms with van der Waals surface area (Å²) < 4.78 is 5.09. The lowest BCUT2D eigenvalue weighted by molar-refractivity contribution is -0.121. The molecule has 0 bridgehead atoms. The molecule has 34 heavy (non-hydrogen) atoms. The highest BCUT2D eigenvalue weighted by Crippen LogP contribution is 2.34. The van der Waals surface area contributed by atoms with E-state index in [9.17, 15) is 19.2 Å². The normalized spacial score (nSPS) is 15.4. The Kier molecular flexibility index (Phi) is 7.00. The molecule has 172 valence electrons. The van der Waals surface area contributed by atoms with Crippen LogP contribution in [0.3, 0.4) is 0 Å². The summed E-state index contributed by atoms with van der Waals surface area (Å²) >= 11 is 7.29. The summed E-state index contributed by atoms with van der Waals surface area (Å²) in [7, 11) is 0. The van der Waals surface area contributed by atoms with Gasteiger partial charge in [0.05, 0.1) is 21.5 Å². The zero-order valence-corrected chi connectivity index (χ0v) is 19.3. The molecule has 0 saturated carbocycles. The maximum Gasteiger partial charge on any atom is 0.338 e. The molecule has 1 fully saturated rings. The second-order valence-electron chi connectivity index (χ2n) is 7.47. The molecule has 1 unspecified atom stereocenters. The predicted octanol–water partition coefficient (Wildman–Crippen LogP) is 4.39. The van der Waals surface area contributed by atoms with Gasteiger partial charge in [-0.05, 0) is 60.7 Å². The molecule has 0 aliphatic carbocycles. The van der Waals surface area contributed by atoms with Gasteiger partial charge in [0, 0.05) is 22.6 Å². The van der Waals surface area contributed by atoms with Gasteiger partial charge in [-0.3, -0.25) is 14.4 Å².